The highest BCUT2D eigenvalue weighted by Crippen LogP contribution is 2.59. The van der Waals surface area contributed by atoms with Crippen molar-refractivity contribution in [3.05, 3.63) is 35.5 Å². The van der Waals surface area contributed by atoms with Crippen LogP contribution in [0.2, 0.25) is 0 Å². The van der Waals surface area contributed by atoms with Crippen molar-refractivity contribution in [2.45, 2.75) is 103 Å². The monoisotopic (exact) mass is 416 g/mol. The summed E-state index contributed by atoms with van der Waals surface area (Å²) in [7, 11) is 0. The van der Waals surface area contributed by atoms with Crippen LogP contribution in [0.1, 0.15) is 91.4 Å². The van der Waals surface area contributed by atoms with E-state index in [1.54, 1.807) is 12.5 Å². The van der Waals surface area contributed by atoms with E-state index in [-0.39, 0.29) is 12.7 Å². The van der Waals surface area contributed by atoms with Crippen molar-refractivity contribution in [2.24, 2.45) is 23.2 Å². The number of hydrogen-bond donors (Lipinski definition) is 3. The second-order valence-corrected chi connectivity index (χ2v) is 11.1. The lowest BCUT2D eigenvalue weighted by Gasteiger charge is -2.44. The molecule has 0 radical (unpaired) electrons. The molecule has 0 saturated heterocycles. The Morgan fingerprint density at radius 1 is 1.20 bits per heavy atom. The van der Waals surface area contributed by atoms with Crippen LogP contribution in [0.25, 0.3) is 0 Å². The number of fused-ring (bicyclic) bond motifs is 1. The highest BCUT2D eigenvalue weighted by atomic mass is 16.3. The molecule has 0 aromatic carbocycles. The van der Waals surface area contributed by atoms with Gasteiger partial charge in [0.05, 0.1) is 18.3 Å². The van der Waals surface area contributed by atoms with E-state index < -0.39 is 5.60 Å². The van der Waals surface area contributed by atoms with Gasteiger partial charge in [0.2, 0.25) is 0 Å². The van der Waals surface area contributed by atoms with Gasteiger partial charge in [-0.25, -0.2) is 0 Å². The summed E-state index contributed by atoms with van der Waals surface area (Å²) in [5.74, 6) is 2.23. The molecule has 30 heavy (non-hydrogen) atoms. The average Bonchev–Trinajstić information content (AvgIpc) is 3.05. The summed E-state index contributed by atoms with van der Waals surface area (Å²) >= 11 is 0. The van der Waals surface area contributed by atoms with E-state index in [0.29, 0.717) is 17.8 Å². The zero-order chi connectivity index (χ0) is 21.9. The second-order valence-electron chi connectivity index (χ2n) is 11.1. The summed E-state index contributed by atoms with van der Waals surface area (Å²) in [4.78, 5) is 0. The van der Waals surface area contributed by atoms with Crippen LogP contribution in [0.4, 0.5) is 0 Å². The molecule has 3 fully saturated rings. The summed E-state index contributed by atoms with van der Waals surface area (Å²) in [5, 5.41) is 29.3. The Morgan fingerprint density at radius 2 is 1.97 bits per heavy atom. The molecule has 3 aliphatic rings. The van der Waals surface area contributed by atoms with Gasteiger partial charge in [0.1, 0.15) is 0 Å². The van der Waals surface area contributed by atoms with Gasteiger partial charge < -0.3 is 15.3 Å². The van der Waals surface area contributed by atoms with Gasteiger partial charge in [0.15, 0.2) is 0 Å². The minimum Gasteiger partial charge on any atom is -0.393 e. The molecule has 3 aliphatic carbocycles. The smallest absolute Gasteiger partial charge is 0.0849 e. The largest absolute Gasteiger partial charge is 0.393 e. The van der Waals surface area contributed by atoms with Crippen LogP contribution in [0.3, 0.4) is 0 Å². The van der Waals surface area contributed by atoms with Crippen molar-refractivity contribution in [1.82, 2.24) is 0 Å². The van der Waals surface area contributed by atoms with Crippen LogP contribution in [-0.2, 0) is 0 Å². The maximum atomic E-state index is 10.1. The maximum Gasteiger partial charge on any atom is 0.0849 e. The summed E-state index contributed by atoms with van der Waals surface area (Å²) in [6.45, 7) is 10.7. The molecule has 3 heteroatoms. The number of rotatable bonds is 7. The van der Waals surface area contributed by atoms with E-state index in [0.717, 1.165) is 43.9 Å². The third-order valence-electron chi connectivity index (χ3n) is 8.71. The second kappa shape index (κ2) is 9.71. The molecule has 0 aromatic heterocycles. The molecule has 3 nitrogen and oxygen atoms in total. The zero-order valence-electron chi connectivity index (χ0n) is 19.5. The van der Waals surface area contributed by atoms with E-state index in [4.69, 9.17) is 0 Å². The molecule has 0 aliphatic heterocycles. The van der Waals surface area contributed by atoms with Crippen molar-refractivity contribution in [3.8, 4) is 0 Å². The van der Waals surface area contributed by atoms with Crippen LogP contribution in [0.5, 0.6) is 0 Å². The number of aliphatic hydroxyl groups excluding tert-OH is 2. The molecule has 0 aromatic rings. The summed E-state index contributed by atoms with van der Waals surface area (Å²) in [6, 6.07) is 0. The highest BCUT2D eigenvalue weighted by molar-refractivity contribution is 5.35. The van der Waals surface area contributed by atoms with Gasteiger partial charge in [-0.1, -0.05) is 56.6 Å². The molecule has 6 atom stereocenters. The van der Waals surface area contributed by atoms with E-state index in [1.165, 1.54) is 43.3 Å². The van der Waals surface area contributed by atoms with Gasteiger partial charge >= 0.3 is 0 Å². The molecule has 3 N–H and O–H groups in total. The van der Waals surface area contributed by atoms with Gasteiger partial charge in [-0.2, -0.15) is 0 Å². The van der Waals surface area contributed by atoms with Gasteiger partial charge in [0, 0.05) is 0 Å². The fourth-order valence-electron chi connectivity index (χ4n) is 6.49. The zero-order valence-corrected chi connectivity index (χ0v) is 19.5. The lowest BCUT2D eigenvalue weighted by molar-refractivity contribution is -0.00903. The Kier molecular flexibility index (Phi) is 7.69. The topological polar surface area (TPSA) is 60.7 Å². The fraction of sp³-hybridized carbons (Fsp3) is 0.778. The molecular weight excluding hydrogens is 372 g/mol. The number of allylic oxidation sites excluding steroid dienone is 4. The van der Waals surface area contributed by atoms with Crippen molar-refractivity contribution in [3.63, 3.8) is 0 Å². The van der Waals surface area contributed by atoms with E-state index in [2.05, 4.69) is 32.6 Å². The van der Waals surface area contributed by atoms with Crippen molar-refractivity contribution >= 4 is 0 Å². The molecule has 0 spiro atoms. The maximum absolute atomic E-state index is 10.1. The third kappa shape index (κ3) is 5.47. The standard InChI is InChI=1S/C27H44O3/c1-19-7-11-24(29)17-22(19)9-8-21-13-15-27(4)23(16-21)10-12-25(27)20(2)6-5-14-26(3,30)18-28/h8-9,20,23-25,28-30H,1,5-7,10-18H2,2-4H3. The van der Waals surface area contributed by atoms with E-state index in [9.17, 15) is 15.3 Å². The first-order valence-corrected chi connectivity index (χ1v) is 12.2. The third-order valence-corrected chi connectivity index (χ3v) is 8.71. The SMILES string of the molecule is C=C1CCC(O)CC1=CC=C1CCC2(C)C(CCC2C(C)CCCC(C)(O)CO)C1. The number of hydrogen-bond acceptors (Lipinski definition) is 3. The van der Waals surface area contributed by atoms with Crippen LogP contribution < -0.4 is 0 Å². The van der Waals surface area contributed by atoms with Gasteiger partial charge in [-0.3, -0.25) is 0 Å². The molecule has 0 heterocycles. The van der Waals surface area contributed by atoms with E-state index >= 15 is 0 Å². The minimum atomic E-state index is -0.930. The molecule has 3 saturated carbocycles. The molecule has 3 rings (SSSR count). The molecule has 170 valence electrons. The van der Waals surface area contributed by atoms with Crippen LogP contribution in [-0.4, -0.2) is 33.6 Å². The molecule has 0 amide bonds. The van der Waals surface area contributed by atoms with Crippen LogP contribution >= 0.6 is 0 Å². The quantitative estimate of drug-likeness (QED) is 0.498. The molecular formula is C27H44O3. The fourth-order valence-corrected chi connectivity index (χ4v) is 6.49. The van der Waals surface area contributed by atoms with Gasteiger partial charge in [-0.15, -0.1) is 0 Å². The van der Waals surface area contributed by atoms with E-state index in [1.807, 2.05) is 0 Å². The Hall–Kier alpha value is -0.900. The first-order chi connectivity index (χ1) is 14.1. The Morgan fingerprint density at radius 3 is 2.70 bits per heavy atom. The van der Waals surface area contributed by atoms with Crippen LogP contribution in [0.15, 0.2) is 35.5 Å². The predicted molar refractivity (Wildman–Crippen MR) is 124 cm³/mol. The molecule has 6 unspecified atom stereocenters. The van der Waals surface area contributed by atoms with Crippen molar-refractivity contribution in [2.75, 3.05) is 6.61 Å². The average molecular weight is 417 g/mol. The number of aliphatic hydroxyl groups is 3. The molecule has 0 bridgehead atoms. The first-order valence-electron chi connectivity index (χ1n) is 12.2. The first kappa shape index (κ1) is 23.8. The Labute approximate surface area is 184 Å². The van der Waals surface area contributed by atoms with Crippen molar-refractivity contribution in [1.29, 1.82) is 0 Å². The summed E-state index contributed by atoms with van der Waals surface area (Å²) in [5.41, 5.74) is 3.53. The van der Waals surface area contributed by atoms with Crippen LogP contribution in [0, 0.1) is 23.2 Å². The summed E-state index contributed by atoms with van der Waals surface area (Å²) < 4.78 is 0. The lowest BCUT2D eigenvalue weighted by atomic mass is 9.61. The Bertz CT molecular complexity index is 674. The summed E-state index contributed by atoms with van der Waals surface area (Å²) in [6.07, 6.45) is 16.1. The van der Waals surface area contributed by atoms with Gasteiger partial charge in [0.25, 0.3) is 0 Å². The van der Waals surface area contributed by atoms with Crippen molar-refractivity contribution < 1.29 is 15.3 Å². The lowest BCUT2D eigenvalue weighted by Crippen LogP contribution is -2.35. The minimum absolute atomic E-state index is 0.151. The highest BCUT2D eigenvalue weighted by Gasteiger charge is 2.49. The normalized spacial score (nSPS) is 37.9. The van der Waals surface area contributed by atoms with Gasteiger partial charge in [-0.05, 0) is 93.5 Å². The Balaban J connectivity index is 1.57. The predicted octanol–water partition coefficient (Wildman–Crippen LogP) is 5.71.